The maximum absolute atomic E-state index is 12.5. The molecule has 0 atom stereocenters. The third-order valence-corrected chi connectivity index (χ3v) is 4.14. The van der Waals surface area contributed by atoms with Crippen molar-refractivity contribution in [1.82, 2.24) is 24.8 Å². The Balaban J connectivity index is 1.62. The van der Waals surface area contributed by atoms with E-state index in [1.165, 1.54) is 0 Å². The first kappa shape index (κ1) is 13.9. The van der Waals surface area contributed by atoms with Gasteiger partial charge in [0.15, 0.2) is 0 Å². The molecule has 116 valence electrons. The van der Waals surface area contributed by atoms with Crippen molar-refractivity contribution in [2.24, 2.45) is 0 Å². The van der Waals surface area contributed by atoms with Crippen LogP contribution in [0.5, 0.6) is 0 Å². The minimum Gasteiger partial charge on any atom is -0.347 e. The van der Waals surface area contributed by atoms with Gasteiger partial charge in [-0.3, -0.25) is 9.69 Å². The van der Waals surface area contributed by atoms with Crippen LogP contribution in [0.4, 0.5) is 0 Å². The molecule has 1 aliphatic rings. The number of imidazole rings is 1. The van der Waals surface area contributed by atoms with E-state index in [2.05, 4.69) is 24.8 Å². The number of H-pyrrole nitrogens is 2. The normalized spacial score (nSPS) is 14.6. The smallest absolute Gasteiger partial charge is 0.255 e. The highest BCUT2D eigenvalue weighted by Crippen LogP contribution is 2.19. The summed E-state index contributed by atoms with van der Waals surface area (Å²) in [6.07, 6.45) is 4.28. The molecule has 23 heavy (non-hydrogen) atoms. The summed E-state index contributed by atoms with van der Waals surface area (Å²) in [4.78, 5) is 29.4. The van der Waals surface area contributed by atoms with Crippen molar-refractivity contribution in [3.8, 4) is 11.4 Å². The van der Waals surface area contributed by atoms with Crippen molar-refractivity contribution in [1.29, 1.82) is 0 Å². The fraction of sp³-hybridized carbons (Fsp3) is 0.235. The fourth-order valence-corrected chi connectivity index (χ4v) is 2.96. The maximum atomic E-state index is 12.5. The Labute approximate surface area is 133 Å². The topological polar surface area (TPSA) is 77.7 Å². The van der Waals surface area contributed by atoms with Crippen molar-refractivity contribution in [3.05, 3.63) is 70.2 Å². The van der Waals surface area contributed by atoms with Crippen LogP contribution in [0.25, 0.3) is 11.4 Å². The number of aromatic amines is 2. The molecule has 0 saturated carbocycles. The average Bonchev–Trinajstić information content (AvgIpc) is 3.09. The van der Waals surface area contributed by atoms with Gasteiger partial charge in [-0.2, -0.15) is 0 Å². The lowest BCUT2D eigenvalue weighted by Crippen LogP contribution is -2.35. The highest BCUT2D eigenvalue weighted by atomic mass is 16.1. The van der Waals surface area contributed by atoms with Gasteiger partial charge in [0.1, 0.15) is 5.82 Å². The number of nitrogens with one attached hydrogen (secondary N) is 2. The summed E-state index contributed by atoms with van der Waals surface area (Å²) in [7, 11) is 0. The van der Waals surface area contributed by atoms with E-state index >= 15 is 0 Å². The number of aromatic nitrogens is 4. The molecule has 3 aromatic rings. The molecular weight excluding hydrogens is 290 g/mol. The first-order valence-corrected chi connectivity index (χ1v) is 7.67. The Morgan fingerprint density at radius 2 is 2.09 bits per heavy atom. The van der Waals surface area contributed by atoms with Gasteiger partial charge in [0.05, 0.1) is 17.6 Å². The molecule has 2 aromatic heterocycles. The van der Waals surface area contributed by atoms with Gasteiger partial charge >= 0.3 is 0 Å². The molecule has 4 rings (SSSR count). The van der Waals surface area contributed by atoms with Gasteiger partial charge in [-0.05, 0) is 0 Å². The number of benzene rings is 1. The summed E-state index contributed by atoms with van der Waals surface area (Å²) in [6, 6.07) is 9.76. The van der Waals surface area contributed by atoms with Gasteiger partial charge in [-0.15, -0.1) is 0 Å². The van der Waals surface area contributed by atoms with Crippen LogP contribution in [-0.4, -0.2) is 31.4 Å². The van der Waals surface area contributed by atoms with Crippen molar-refractivity contribution in [2.45, 2.75) is 19.5 Å². The summed E-state index contributed by atoms with van der Waals surface area (Å²) >= 11 is 0. The minimum absolute atomic E-state index is 0.0387. The van der Waals surface area contributed by atoms with Gasteiger partial charge in [0.25, 0.3) is 5.56 Å². The van der Waals surface area contributed by atoms with Crippen LogP contribution < -0.4 is 5.56 Å². The van der Waals surface area contributed by atoms with Crippen LogP contribution in [-0.2, 0) is 19.5 Å². The molecule has 0 fully saturated rings. The van der Waals surface area contributed by atoms with E-state index in [4.69, 9.17) is 0 Å². The zero-order chi connectivity index (χ0) is 15.6. The van der Waals surface area contributed by atoms with Crippen molar-refractivity contribution >= 4 is 0 Å². The molecule has 0 aliphatic carbocycles. The number of rotatable bonds is 3. The third-order valence-electron chi connectivity index (χ3n) is 4.14. The lowest BCUT2D eigenvalue weighted by molar-refractivity contribution is 0.239. The minimum atomic E-state index is -0.0387. The predicted octanol–water partition coefficient (Wildman–Crippen LogP) is 1.72. The van der Waals surface area contributed by atoms with Crippen LogP contribution in [0.15, 0.2) is 47.7 Å². The monoisotopic (exact) mass is 307 g/mol. The Morgan fingerprint density at radius 1 is 1.22 bits per heavy atom. The highest BCUT2D eigenvalue weighted by Gasteiger charge is 2.21. The summed E-state index contributed by atoms with van der Waals surface area (Å²) in [6.45, 7) is 2.27. The molecule has 0 unspecified atom stereocenters. The van der Waals surface area contributed by atoms with Crippen LogP contribution in [0.2, 0.25) is 0 Å². The second-order valence-corrected chi connectivity index (χ2v) is 5.74. The summed E-state index contributed by atoms with van der Waals surface area (Å²) in [5.41, 5.74) is 3.64. The Kier molecular flexibility index (Phi) is 3.51. The van der Waals surface area contributed by atoms with Crippen molar-refractivity contribution < 1.29 is 0 Å². The molecule has 1 aromatic carbocycles. The van der Waals surface area contributed by atoms with E-state index in [9.17, 15) is 4.79 Å². The molecule has 2 N–H and O–H groups in total. The number of fused-ring (bicyclic) bond motifs is 1. The Hall–Kier alpha value is -2.73. The van der Waals surface area contributed by atoms with E-state index in [1.807, 2.05) is 36.5 Å². The Bertz CT molecular complexity index is 854. The summed E-state index contributed by atoms with van der Waals surface area (Å²) in [5.74, 6) is 0.649. The van der Waals surface area contributed by atoms with E-state index in [1.54, 1.807) is 6.33 Å². The molecule has 6 nitrogen and oxygen atoms in total. The van der Waals surface area contributed by atoms with Gasteiger partial charge in [0.2, 0.25) is 0 Å². The largest absolute Gasteiger partial charge is 0.347 e. The Morgan fingerprint density at radius 3 is 2.87 bits per heavy atom. The van der Waals surface area contributed by atoms with Gasteiger partial charge in [-0.25, -0.2) is 9.97 Å². The molecule has 6 heteroatoms. The molecular formula is C17H17N5O. The first-order chi connectivity index (χ1) is 11.3. The number of hydrogen-bond donors (Lipinski definition) is 2. The highest BCUT2D eigenvalue weighted by molar-refractivity contribution is 5.54. The second kappa shape index (κ2) is 5.81. The van der Waals surface area contributed by atoms with Crippen LogP contribution in [0.1, 0.15) is 17.0 Å². The van der Waals surface area contributed by atoms with Crippen LogP contribution >= 0.6 is 0 Å². The quantitative estimate of drug-likeness (QED) is 0.772. The lowest BCUT2D eigenvalue weighted by atomic mass is 10.1. The average molecular weight is 307 g/mol. The SMILES string of the molecule is O=c1[nH]c(-c2ccccc2)nc2c1CN(Cc1cnc[nH]1)CC2. The van der Waals surface area contributed by atoms with Crippen LogP contribution in [0, 0.1) is 0 Å². The maximum Gasteiger partial charge on any atom is 0.255 e. The fourth-order valence-electron chi connectivity index (χ4n) is 2.96. The molecule has 3 heterocycles. The molecule has 0 saturated heterocycles. The van der Waals surface area contributed by atoms with Crippen molar-refractivity contribution in [3.63, 3.8) is 0 Å². The molecule has 0 amide bonds. The van der Waals surface area contributed by atoms with Gasteiger partial charge < -0.3 is 9.97 Å². The summed E-state index contributed by atoms with van der Waals surface area (Å²) in [5, 5.41) is 0. The summed E-state index contributed by atoms with van der Waals surface area (Å²) < 4.78 is 0. The van der Waals surface area contributed by atoms with E-state index in [0.29, 0.717) is 12.4 Å². The first-order valence-electron chi connectivity index (χ1n) is 7.67. The zero-order valence-corrected chi connectivity index (χ0v) is 12.6. The number of hydrogen-bond acceptors (Lipinski definition) is 4. The predicted molar refractivity (Wildman–Crippen MR) is 86.7 cm³/mol. The van der Waals surface area contributed by atoms with Crippen LogP contribution in [0.3, 0.4) is 0 Å². The zero-order valence-electron chi connectivity index (χ0n) is 12.6. The number of nitrogens with zero attached hydrogens (tertiary/aromatic N) is 3. The van der Waals surface area contributed by atoms with Gasteiger partial charge in [0, 0.05) is 43.5 Å². The van der Waals surface area contributed by atoms with Gasteiger partial charge in [-0.1, -0.05) is 30.3 Å². The molecule has 0 radical (unpaired) electrons. The van der Waals surface area contributed by atoms with E-state index in [-0.39, 0.29) is 5.56 Å². The second-order valence-electron chi connectivity index (χ2n) is 5.74. The molecule has 1 aliphatic heterocycles. The standard InChI is InChI=1S/C17H17N5O/c23-17-14-10-22(9-13-8-18-11-19-13)7-6-15(14)20-16(21-17)12-4-2-1-3-5-12/h1-5,8,11H,6-7,9-10H2,(H,18,19)(H,20,21,23). The van der Waals surface area contributed by atoms with E-state index in [0.717, 1.165) is 42.0 Å². The molecule has 0 bridgehead atoms. The van der Waals surface area contributed by atoms with E-state index < -0.39 is 0 Å². The lowest BCUT2D eigenvalue weighted by Gasteiger charge is -2.27. The van der Waals surface area contributed by atoms with Crippen molar-refractivity contribution in [2.75, 3.05) is 6.54 Å². The molecule has 0 spiro atoms. The third kappa shape index (κ3) is 2.80.